The highest BCUT2D eigenvalue weighted by Gasteiger charge is 2.11. The molecule has 50 valence electrons. The first-order chi connectivity index (χ1) is 4.43. The van der Waals surface area contributed by atoms with Crippen LogP contribution in [0.1, 0.15) is 19.3 Å². The van der Waals surface area contributed by atoms with Crippen molar-refractivity contribution in [1.82, 2.24) is 5.32 Å². The molecule has 0 aromatic heterocycles. The fourth-order valence-corrected chi connectivity index (χ4v) is 0.984. The van der Waals surface area contributed by atoms with Gasteiger partial charge in [0.2, 0.25) is 0 Å². The Balaban J connectivity index is 2.17. The molecule has 3 heteroatoms. The van der Waals surface area contributed by atoms with Crippen LogP contribution in [0, 0.1) is 11.5 Å². The second-order valence-electron chi connectivity index (χ2n) is 2.15. The SMILES string of the molecule is N#COC1CCCCN1. The lowest BCUT2D eigenvalue weighted by molar-refractivity contribution is 0.0992. The molecule has 1 rings (SSSR count). The number of hydrogen-bond donors (Lipinski definition) is 1. The van der Waals surface area contributed by atoms with Crippen molar-refractivity contribution < 1.29 is 4.74 Å². The Kier molecular flexibility index (Phi) is 2.34. The predicted octanol–water partition coefficient (Wildman–Crippen LogP) is 0.584. The van der Waals surface area contributed by atoms with Gasteiger partial charge in [-0.3, -0.25) is 5.32 Å². The number of nitrogens with one attached hydrogen (secondary N) is 1. The van der Waals surface area contributed by atoms with E-state index < -0.39 is 0 Å². The van der Waals surface area contributed by atoms with Gasteiger partial charge in [-0.2, -0.15) is 5.26 Å². The van der Waals surface area contributed by atoms with Crippen LogP contribution in [0.5, 0.6) is 0 Å². The molecule has 1 aliphatic rings. The second kappa shape index (κ2) is 3.31. The van der Waals surface area contributed by atoms with Crippen LogP contribution in [0.4, 0.5) is 0 Å². The summed E-state index contributed by atoms with van der Waals surface area (Å²) in [5.41, 5.74) is 0. The monoisotopic (exact) mass is 126 g/mol. The predicted molar refractivity (Wildman–Crippen MR) is 32.3 cm³/mol. The van der Waals surface area contributed by atoms with Gasteiger partial charge in [0.15, 0.2) is 6.23 Å². The summed E-state index contributed by atoms with van der Waals surface area (Å²) in [7, 11) is 0. The Labute approximate surface area is 54.6 Å². The van der Waals surface area contributed by atoms with E-state index in [0.717, 1.165) is 13.0 Å². The molecule has 1 aliphatic heterocycles. The fourth-order valence-electron chi connectivity index (χ4n) is 0.984. The number of nitriles is 1. The molecule has 1 fully saturated rings. The van der Waals surface area contributed by atoms with E-state index in [-0.39, 0.29) is 6.23 Å². The average molecular weight is 126 g/mol. The van der Waals surface area contributed by atoms with Crippen molar-refractivity contribution in [2.45, 2.75) is 25.5 Å². The molecule has 0 radical (unpaired) electrons. The average Bonchev–Trinajstić information content (AvgIpc) is 1.91. The number of hydrogen-bond acceptors (Lipinski definition) is 3. The van der Waals surface area contributed by atoms with Gasteiger partial charge in [-0.05, 0) is 25.8 Å². The molecule has 1 heterocycles. The molecule has 1 N–H and O–H groups in total. The maximum Gasteiger partial charge on any atom is 0.287 e. The highest BCUT2D eigenvalue weighted by molar-refractivity contribution is 4.66. The van der Waals surface area contributed by atoms with Gasteiger partial charge in [-0.15, -0.1) is 0 Å². The first kappa shape index (κ1) is 6.37. The van der Waals surface area contributed by atoms with Crippen molar-refractivity contribution in [2.75, 3.05) is 6.54 Å². The zero-order valence-electron chi connectivity index (χ0n) is 5.26. The summed E-state index contributed by atoms with van der Waals surface area (Å²) < 4.78 is 4.68. The minimum absolute atomic E-state index is 0.0104. The molecule has 0 aliphatic carbocycles. The van der Waals surface area contributed by atoms with E-state index in [0.29, 0.717) is 0 Å². The first-order valence-corrected chi connectivity index (χ1v) is 3.21. The molecule has 9 heavy (non-hydrogen) atoms. The Bertz CT molecular complexity index is 113. The molecule has 0 amide bonds. The van der Waals surface area contributed by atoms with Gasteiger partial charge in [-0.1, -0.05) is 0 Å². The number of nitrogens with zero attached hydrogens (tertiary/aromatic N) is 1. The summed E-state index contributed by atoms with van der Waals surface area (Å²) in [6.45, 7) is 0.979. The van der Waals surface area contributed by atoms with Gasteiger partial charge in [-0.25, -0.2) is 0 Å². The Morgan fingerprint density at radius 2 is 2.44 bits per heavy atom. The van der Waals surface area contributed by atoms with Crippen LogP contribution in [0.3, 0.4) is 0 Å². The van der Waals surface area contributed by atoms with E-state index >= 15 is 0 Å². The zero-order chi connectivity index (χ0) is 6.53. The summed E-state index contributed by atoms with van der Waals surface area (Å²) in [4.78, 5) is 0. The van der Waals surface area contributed by atoms with E-state index in [1.54, 1.807) is 6.26 Å². The Morgan fingerprint density at radius 3 is 3.00 bits per heavy atom. The topological polar surface area (TPSA) is 45.0 Å². The molecule has 3 nitrogen and oxygen atoms in total. The molecule has 1 saturated heterocycles. The number of ether oxygens (including phenoxy) is 1. The van der Waals surface area contributed by atoms with Crippen LogP contribution < -0.4 is 5.32 Å². The van der Waals surface area contributed by atoms with Crippen LogP contribution in [0.25, 0.3) is 0 Å². The molecule has 0 saturated carbocycles. The van der Waals surface area contributed by atoms with Crippen LogP contribution >= 0.6 is 0 Å². The maximum atomic E-state index is 8.11. The third kappa shape index (κ3) is 1.90. The summed E-state index contributed by atoms with van der Waals surface area (Å²) in [6, 6.07) is 0. The van der Waals surface area contributed by atoms with Gasteiger partial charge in [0.05, 0.1) is 0 Å². The van der Waals surface area contributed by atoms with E-state index in [9.17, 15) is 0 Å². The molecule has 0 bridgehead atoms. The smallest absolute Gasteiger partial charge is 0.287 e. The van der Waals surface area contributed by atoms with E-state index in [1.807, 2.05) is 0 Å². The molecular formula is C6H10N2O. The van der Waals surface area contributed by atoms with Crippen molar-refractivity contribution in [3.05, 3.63) is 0 Å². The summed E-state index contributed by atoms with van der Waals surface area (Å²) in [5.74, 6) is 0. The van der Waals surface area contributed by atoms with Gasteiger partial charge in [0, 0.05) is 0 Å². The lowest BCUT2D eigenvalue weighted by Gasteiger charge is -2.19. The third-order valence-corrected chi connectivity index (χ3v) is 1.46. The maximum absolute atomic E-state index is 8.11. The van der Waals surface area contributed by atoms with Gasteiger partial charge < -0.3 is 4.74 Å². The standard InChI is InChI=1S/C6H10N2O/c7-5-9-6-3-1-2-4-8-6/h6,8H,1-4H2. The van der Waals surface area contributed by atoms with Crippen molar-refractivity contribution in [2.24, 2.45) is 0 Å². The first-order valence-electron chi connectivity index (χ1n) is 3.21. The van der Waals surface area contributed by atoms with Crippen LogP contribution in [-0.4, -0.2) is 12.8 Å². The van der Waals surface area contributed by atoms with Crippen molar-refractivity contribution >= 4 is 0 Å². The Hall–Kier alpha value is -0.750. The Morgan fingerprint density at radius 1 is 1.56 bits per heavy atom. The quantitative estimate of drug-likeness (QED) is 0.523. The molecule has 0 spiro atoms. The summed E-state index contributed by atoms with van der Waals surface area (Å²) in [5, 5.41) is 11.2. The second-order valence-corrected chi connectivity index (χ2v) is 2.15. The molecule has 1 atom stereocenters. The zero-order valence-corrected chi connectivity index (χ0v) is 5.26. The summed E-state index contributed by atoms with van der Waals surface area (Å²) in [6.07, 6.45) is 5.00. The minimum atomic E-state index is -0.0104. The normalized spacial score (nSPS) is 26.8. The van der Waals surface area contributed by atoms with Gasteiger partial charge in [0.1, 0.15) is 0 Å². The lowest BCUT2D eigenvalue weighted by Crippen LogP contribution is -2.34. The van der Waals surface area contributed by atoms with Gasteiger partial charge in [0.25, 0.3) is 6.26 Å². The highest BCUT2D eigenvalue weighted by Crippen LogP contribution is 2.06. The van der Waals surface area contributed by atoms with Crippen molar-refractivity contribution in [3.63, 3.8) is 0 Å². The van der Waals surface area contributed by atoms with Crippen molar-refractivity contribution in [3.8, 4) is 6.26 Å². The number of rotatable bonds is 1. The molecule has 0 aromatic carbocycles. The summed E-state index contributed by atoms with van der Waals surface area (Å²) >= 11 is 0. The molecular weight excluding hydrogens is 116 g/mol. The van der Waals surface area contributed by atoms with E-state index in [4.69, 9.17) is 5.26 Å². The van der Waals surface area contributed by atoms with Crippen LogP contribution in [-0.2, 0) is 4.74 Å². The lowest BCUT2D eigenvalue weighted by atomic mass is 10.1. The largest absolute Gasteiger partial charge is 0.408 e. The van der Waals surface area contributed by atoms with E-state index in [2.05, 4.69) is 10.1 Å². The third-order valence-electron chi connectivity index (χ3n) is 1.46. The molecule has 0 aromatic rings. The van der Waals surface area contributed by atoms with Crippen LogP contribution in [0.15, 0.2) is 0 Å². The fraction of sp³-hybridized carbons (Fsp3) is 0.833. The van der Waals surface area contributed by atoms with Crippen molar-refractivity contribution in [1.29, 1.82) is 5.26 Å². The highest BCUT2D eigenvalue weighted by atomic mass is 16.5. The van der Waals surface area contributed by atoms with E-state index in [1.165, 1.54) is 12.8 Å². The van der Waals surface area contributed by atoms with Crippen LogP contribution in [0.2, 0.25) is 0 Å². The number of piperidine rings is 1. The van der Waals surface area contributed by atoms with Gasteiger partial charge >= 0.3 is 0 Å². The minimum Gasteiger partial charge on any atom is -0.408 e. The molecule has 1 unspecified atom stereocenters.